The van der Waals surface area contributed by atoms with E-state index in [1.54, 1.807) is 22.8 Å². The van der Waals surface area contributed by atoms with Gasteiger partial charge in [-0.25, -0.2) is 9.97 Å². The molecule has 1 aromatic carbocycles. The van der Waals surface area contributed by atoms with Crippen LogP contribution in [0.4, 0.5) is 13.2 Å². The molecule has 1 N–H and O–H groups in total. The predicted molar refractivity (Wildman–Crippen MR) is 145 cm³/mol. The minimum Gasteiger partial charge on any atom is -0.493 e. The number of aliphatic hydroxyl groups is 1. The fourth-order valence-electron chi connectivity index (χ4n) is 4.73. The zero-order valence-electron chi connectivity index (χ0n) is 22.2. The van der Waals surface area contributed by atoms with Gasteiger partial charge in [-0.15, -0.1) is 0 Å². The third kappa shape index (κ3) is 6.09. The molecule has 1 saturated heterocycles. The fraction of sp³-hybridized carbons (Fsp3) is 0.429. The number of imidazole rings is 1. The van der Waals surface area contributed by atoms with Gasteiger partial charge in [-0.3, -0.25) is 9.88 Å². The lowest BCUT2D eigenvalue weighted by Gasteiger charge is -2.35. The first-order chi connectivity index (χ1) is 19.6. The van der Waals surface area contributed by atoms with Crippen LogP contribution in [0.25, 0.3) is 22.6 Å². The zero-order valence-corrected chi connectivity index (χ0v) is 23.0. The number of aromatic nitrogens is 5. The maximum Gasteiger partial charge on any atom is 0.416 e. The van der Waals surface area contributed by atoms with Crippen LogP contribution in [0.1, 0.15) is 37.4 Å². The number of hydrogen-bond donors (Lipinski definition) is 1. The van der Waals surface area contributed by atoms with Gasteiger partial charge in [0.1, 0.15) is 23.5 Å². The van der Waals surface area contributed by atoms with E-state index in [9.17, 15) is 18.3 Å². The normalized spacial score (nSPS) is 17.0. The van der Waals surface area contributed by atoms with Crippen LogP contribution >= 0.6 is 11.6 Å². The lowest BCUT2D eigenvalue weighted by Crippen LogP contribution is -2.50. The third-order valence-electron chi connectivity index (χ3n) is 7.27. The van der Waals surface area contributed by atoms with Crippen molar-refractivity contribution in [2.24, 2.45) is 0 Å². The molecule has 9 nitrogen and oxygen atoms in total. The molecule has 2 fully saturated rings. The molecule has 0 unspecified atom stereocenters. The zero-order chi connectivity index (χ0) is 28.8. The maximum absolute atomic E-state index is 13.4. The Morgan fingerprint density at radius 3 is 2.63 bits per heavy atom. The van der Waals surface area contributed by atoms with Crippen LogP contribution < -0.4 is 9.47 Å². The Hall–Kier alpha value is -3.48. The fourth-order valence-corrected chi connectivity index (χ4v) is 4.99. The summed E-state index contributed by atoms with van der Waals surface area (Å²) in [6, 6.07) is 7.17. The molecule has 4 heterocycles. The Balaban J connectivity index is 1.31. The van der Waals surface area contributed by atoms with Crippen molar-refractivity contribution in [2.45, 2.75) is 50.6 Å². The molecule has 0 radical (unpaired) electrons. The van der Waals surface area contributed by atoms with Crippen LogP contribution in [-0.2, 0) is 12.7 Å². The Morgan fingerprint density at radius 1 is 1.12 bits per heavy atom. The molecule has 0 bridgehead atoms. The number of likely N-dealkylation sites (tertiary alicyclic amines) is 1. The van der Waals surface area contributed by atoms with Crippen molar-refractivity contribution in [2.75, 3.05) is 26.2 Å². The maximum atomic E-state index is 13.4. The highest BCUT2D eigenvalue weighted by Crippen LogP contribution is 2.41. The van der Waals surface area contributed by atoms with Crippen molar-refractivity contribution in [3.63, 3.8) is 0 Å². The van der Waals surface area contributed by atoms with Crippen LogP contribution in [0, 0.1) is 0 Å². The molecule has 216 valence electrons. The Labute approximate surface area is 238 Å². The van der Waals surface area contributed by atoms with Crippen molar-refractivity contribution in [3.05, 3.63) is 59.1 Å². The first kappa shape index (κ1) is 27.7. The van der Waals surface area contributed by atoms with Crippen molar-refractivity contribution in [1.82, 2.24) is 29.4 Å². The second kappa shape index (κ2) is 10.7. The van der Waals surface area contributed by atoms with Crippen LogP contribution in [0.5, 0.6) is 11.6 Å². The topological polar surface area (TPSA) is 98.4 Å². The number of benzene rings is 1. The van der Waals surface area contributed by atoms with E-state index in [1.165, 1.54) is 6.33 Å². The second-order valence-electron chi connectivity index (χ2n) is 10.7. The molecule has 6 rings (SSSR count). The van der Waals surface area contributed by atoms with Crippen LogP contribution in [0.15, 0.2) is 42.9 Å². The highest BCUT2D eigenvalue weighted by molar-refractivity contribution is 6.33. The SMILES string of the molecule is CC1(Oc2ncnc3c2nc(-c2ccc(OCCCN4CC(O)C4)cc2Cl)n3Cc2cc(C(F)(F)F)ccn2)CC1. The summed E-state index contributed by atoms with van der Waals surface area (Å²) < 4.78 is 53.9. The van der Waals surface area contributed by atoms with Gasteiger partial charge in [-0.1, -0.05) is 11.6 Å². The van der Waals surface area contributed by atoms with E-state index in [2.05, 4.69) is 19.9 Å². The van der Waals surface area contributed by atoms with Crippen LogP contribution in [0.2, 0.25) is 5.02 Å². The average molecular weight is 589 g/mol. The predicted octanol–water partition coefficient (Wildman–Crippen LogP) is 4.99. The lowest BCUT2D eigenvalue weighted by atomic mass is 10.1. The van der Waals surface area contributed by atoms with Crippen molar-refractivity contribution in [3.8, 4) is 23.0 Å². The summed E-state index contributed by atoms with van der Waals surface area (Å²) in [5, 5.41) is 9.76. The summed E-state index contributed by atoms with van der Waals surface area (Å²) in [5.41, 5.74) is 0.373. The quantitative estimate of drug-likeness (QED) is 0.259. The number of ether oxygens (including phenoxy) is 2. The molecule has 1 aliphatic carbocycles. The molecule has 3 aromatic heterocycles. The van der Waals surface area contributed by atoms with Gasteiger partial charge in [0.25, 0.3) is 0 Å². The van der Waals surface area contributed by atoms with Crippen LogP contribution in [0.3, 0.4) is 0 Å². The molecule has 41 heavy (non-hydrogen) atoms. The Bertz CT molecular complexity index is 1570. The van der Waals surface area contributed by atoms with Gasteiger partial charge in [0.2, 0.25) is 5.88 Å². The standard InChI is InChI=1S/C28H28ClF3N6O3/c1-27(6-7-27)41-26-23-25(34-16-35-26)38(13-18-11-17(5-8-33-18)28(30,31)32)24(36-23)21-4-3-20(12-22(21)29)40-10-2-9-37-14-19(39)15-37/h3-5,8,11-12,16,19,39H,2,6-7,9-10,13-15H2,1H3. The summed E-state index contributed by atoms with van der Waals surface area (Å²) in [7, 11) is 0. The summed E-state index contributed by atoms with van der Waals surface area (Å²) in [6.45, 7) is 4.64. The lowest BCUT2D eigenvalue weighted by molar-refractivity contribution is -0.137. The molecule has 4 aromatic rings. The molecule has 13 heteroatoms. The van der Waals surface area contributed by atoms with Crippen molar-refractivity contribution in [1.29, 1.82) is 0 Å². The highest BCUT2D eigenvalue weighted by atomic mass is 35.5. The van der Waals surface area contributed by atoms with Crippen molar-refractivity contribution < 1.29 is 27.8 Å². The van der Waals surface area contributed by atoms with Gasteiger partial charge in [-0.05, 0) is 56.5 Å². The summed E-state index contributed by atoms with van der Waals surface area (Å²) in [5.74, 6) is 1.27. The molecule has 0 spiro atoms. The number of nitrogens with zero attached hydrogens (tertiary/aromatic N) is 6. The minimum absolute atomic E-state index is 0.0384. The molecule has 1 aliphatic heterocycles. The summed E-state index contributed by atoms with van der Waals surface area (Å²) >= 11 is 6.72. The van der Waals surface area contributed by atoms with E-state index in [-0.39, 0.29) is 23.9 Å². The molecular formula is C28H28ClF3N6O3. The number of fused-ring (bicyclic) bond motifs is 1. The van der Waals surface area contributed by atoms with E-state index < -0.39 is 11.7 Å². The number of aliphatic hydroxyl groups excluding tert-OH is 1. The first-order valence-corrected chi connectivity index (χ1v) is 13.7. The Kier molecular flexibility index (Phi) is 7.25. The summed E-state index contributed by atoms with van der Waals surface area (Å²) in [4.78, 5) is 19.8. The van der Waals surface area contributed by atoms with Gasteiger partial charge in [0.15, 0.2) is 11.2 Å². The average Bonchev–Trinajstić information content (AvgIpc) is 3.53. The van der Waals surface area contributed by atoms with E-state index in [4.69, 9.17) is 26.1 Å². The van der Waals surface area contributed by atoms with Gasteiger partial charge in [0.05, 0.1) is 35.5 Å². The third-order valence-corrected chi connectivity index (χ3v) is 7.58. The number of pyridine rings is 1. The summed E-state index contributed by atoms with van der Waals surface area (Å²) in [6.07, 6.45) is 0.312. The largest absolute Gasteiger partial charge is 0.493 e. The number of hydrogen-bond acceptors (Lipinski definition) is 8. The van der Waals surface area contributed by atoms with E-state index >= 15 is 0 Å². The van der Waals surface area contributed by atoms with E-state index in [1.807, 2.05) is 6.92 Å². The van der Waals surface area contributed by atoms with Gasteiger partial charge in [-0.2, -0.15) is 18.2 Å². The molecule has 0 atom stereocenters. The first-order valence-electron chi connectivity index (χ1n) is 13.3. The molecule has 0 amide bonds. The van der Waals surface area contributed by atoms with Gasteiger partial charge >= 0.3 is 6.18 Å². The van der Waals surface area contributed by atoms with Gasteiger partial charge in [0, 0.05) is 31.4 Å². The smallest absolute Gasteiger partial charge is 0.416 e. The van der Waals surface area contributed by atoms with E-state index in [0.717, 1.165) is 44.1 Å². The number of rotatable bonds is 10. The highest BCUT2D eigenvalue weighted by Gasteiger charge is 2.41. The molecule has 1 saturated carbocycles. The van der Waals surface area contributed by atoms with Crippen molar-refractivity contribution >= 4 is 22.8 Å². The number of alkyl halides is 3. The Morgan fingerprint density at radius 2 is 1.93 bits per heavy atom. The minimum atomic E-state index is -4.50. The molecule has 2 aliphatic rings. The van der Waals surface area contributed by atoms with E-state index in [0.29, 0.717) is 58.9 Å². The van der Waals surface area contributed by atoms with Gasteiger partial charge < -0.3 is 19.1 Å². The second-order valence-corrected chi connectivity index (χ2v) is 11.1. The number of β-amino-alcohol motifs (C(OH)–C–C–N with tert-alkyl or cyclic N) is 1. The number of halogens is 4. The van der Waals surface area contributed by atoms with Crippen LogP contribution in [-0.4, -0.2) is 72.5 Å². The molecular weight excluding hydrogens is 561 g/mol. The monoisotopic (exact) mass is 588 g/mol.